The monoisotopic (exact) mass is 232 g/mol. The highest BCUT2D eigenvalue weighted by atomic mass is 16.3. The van der Waals surface area contributed by atoms with E-state index in [0.29, 0.717) is 17.1 Å². The highest BCUT2D eigenvalue weighted by molar-refractivity contribution is 5.36. The van der Waals surface area contributed by atoms with E-state index in [1.54, 1.807) is 0 Å². The Morgan fingerprint density at radius 1 is 1.24 bits per heavy atom. The number of aromatic hydroxyl groups is 1. The molecular weight excluding hydrogens is 208 g/mol. The standard InChI is InChI=1S/C16H24O/c1-11-7-14(10-16(3,4)9-11)13-5-6-15(17)12(2)8-13/h5-6,8,11,14,17H,7,9-10H2,1-4H3. The first kappa shape index (κ1) is 12.5. The van der Waals surface area contributed by atoms with Crippen LogP contribution in [0, 0.1) is 18.3 Å². The highest BCUT2D eigenvalue weighted by Gasteiger charge is 2.32. The predicted octanol–water partition coefficient (Wildman–Crippen LogP) is 4.63. The van der Waals surface area contributed by atoms with Gasteiger partial charge in [0.2, 0.25) is 0 Å². The molecule has 0 spiro atoms. The van der Waals surface area contributed by atoms with Gasteiger partial charge in [0.15, 0.2) is 0 Å². The van der Waals surface area contributed by atoms with E-state index in [0.717, 1.165) is 11.5 Å². The Hall–Kier alpha value is -0.980. The minimum absolute atomic E-state index is 0.414. The van der Waals surface area contributed by atoms with Gasteiger partial charge in [-0.1, -0.05) is 32.9 Å². The minimum Gasteiger partial charge on any atom is -0.508 e. The largest absolute Gasteiger partial charge is 0.508 e. The number of hydrogen-bond acceptors (Lipinski definition) is 1. The van der Waals surface area contributed by atoms with Crippen LogP contribution in [0.2, 0.25) is 0 Å². The van der Waals surface area contributed by atoms with Crippen LogP contribution < -0.4 is 0 Å². The first-order valence-corrected chi connectivity index (χ1v) is 6.67. The van der Waals surface area contributed by atoms with Gasteiger partial charge in [0.25, 0.3) is 0 Å². The molecule has 1 aliphatic carbocycles. The van der Waals surface area contributed by atoms with Crippen LogP contribution in [0.15, 0.2) is 18.2 Å². The van der Waals surface area contributed by atoms with E-state index in [1.807, 2.05) is 13.0 Å². The van der Waals surface area contributed by atoms with Gasteiger partial charge in [-0.25, -0.2) is 0 Å². The van der Waals surface area contributed by atoms with E-state index in [9.17, 15) is 5.11 Å². The maximum Gasteiger partial charge on any atom is 0.118 e. The molecule has 1 nitrogen and oxygen atoms in total. The summed E-state index contributed by atoms with van der Waals surface area (Å²) in [4.78, 5) is 0. The van der Waals surface area contributed by atoms with Gasteiger partial charge in [-0.05, 0) is 60.6 Å². The van der Waals surface area contributed by atoms with E-state index >= 15 is 0 Å². The van der Waals surface area contributed by atoms with Crippen LogP contribution in [-0.2, 0) is 0 Å². The third-order valence-corrected chi connectivity index (χ3v) is 4.08. The van der Waals surface area contributed by atoms with E-state index in [1.165, 1.54) is 24.8 Å². The zero-order valence-corrected chi connectivity index (χ0v) is 11.5. The lowest BCUT2D eigenvalue weighted by Crippen LogP contribution is -2.26. The summed E-state index contributed by atoms with van der Waals surface area (Å²) in [5.41, 5.74) is 2.85. The van der Waals surface area contributed by atoms with Gasteiger partial charge < -0.3 is 5.11 Å². The van der Waals surface area contributed by atoms with E-state index in [2.05, 4.69) is 32.9 Å². The van der Waals surface area contributed by atoms with E-state index < -0.39 is 0 Å². The molecule has 2 atom stereocenters. The van der Waals surface area contributed by atoms with Crippen molar-refractivity contribution >= 4 is 0 Å². The zero-order valence-electron chi connectivity index (χ0n) is 11.5. The van der Waals surface area contributed by atoms with Crippen molar-refractivity contribution in [3.63, 3.8) is 0 Å². The Kier molecular flexibility index (Phi) is 3.20. The van der Waals surface area contributed by atoms with Crippen LogP contribution in [0.4, 0.5) is 0 Å². The first-order chi connectivity index (χ1) is 7.87. The summed E-state index contributed by atoms with van der Waals surface area (Å²) in [5.74, 6) is 1.88. The molecule has 0 saturated heterocycles. The van der Waals surface area contributed by atoms with Gasteiger partial charge in [-0.15, -0.1) is 0 Å². The van der Waals surface area contributed by atoms with Crippen molar-refractivity contribution in [1.82, 2.24) is 0 Å². The van der Waals surface area contributed by atoms with Gasteiger partial charge in [-0.3, -0.25) is 0 Å². The Labute approximate surface area is 105 Å². The molecule has 0 aliphatic heterocycles. The molecule has 2 unspecified atom stereocenters. The third-order valence-electron chi connectivity index (χ3n) is 4.08. The molecule has 1 saturated carbocycles. The van der Waals surface area contributed by atoms with Crippen LogP contribution in [0.5, 0.6) is 5.75 Å². The van der Waals surface area contributed by atoms with E-state index in [-0.39, 0.29) is 0 Å². The average Bonchev–Trinajstić information content (AvgIpc) is 2.19. The predicted molar refractivity (Wildman–Crippen MR) is 72.4 cm³/mol. The summed E-state index contributed by atoms with van der Waals surface area (Å²) in [6.45, 7) is 9.10. The molecule has 94 valence electrons. The molecule has 17 heavy (non-hydrogen) atoms. The van der Waals surface area contributed by atoms with Crippen molar-refractivity contribution in [1.29, 1.82) is 0 Å². The van der Waals surface area contributed by atoms with Crippen LogP contribution in [0.3, 0.4) is 0 Å². The summed E-state index contributed by atoms with van der Waals surface area (Å²) in [6, 6.07) is 6.10. The number of hydrogen-bond donors (Lipinski definition) is 1. The van der Waals surface area contributed by atoms with Crippen LogP contribution >= 0.6 is 0 Å². The summed E-state index contributed by atoms with van der Waals surface area (Å²) in [6.07, 6.45) is 3.88. The lowest BCUT2D eigenvalue weighted by molar-refractivity contribution is 0.168. The van der Waals surface area contributed by atoms with Crippen molar-refractivity contribution < 1.29 is 5.11 Å². The van der Waals surface area contributed by atoms with Crippen molar-refractivity contribution in [2.75, 3.05) is 0 Å². The van der Waals surface area contributed by atoms with Gasteiger partial charge in [-0.2, -0.15) is 0 Å². The summed E-state index contributed by atoms with van der Waals surface area (Å²) < 4.78 is 0. The fraction of sp³-hybridized carbons (Fsp3) is 0.625. The topological polar surface area (TPSA) is 20.2 Å². The number of rotatable bonds is 1. The smallest absolute Gasteiger partial charge is 0.118 e. The van der Waals surface area contributed by atoms with Crippen molar-refractivity contribution in [2.24, 2.45) is 11.3 Å². The van der Waals surface area contributed by atoms with E-state index in [4.69, 9.17) is 0 Å². The van der Waals surface area contributed by atoms with Crippen LogP contribution in [0.1, 0.15) is 57.1 Å². The lowest BCUT2D eigenvalue weighted by Gasteiger charge is -2.39. The molecule has 1 aromatic rings. The SMILES string of the molecule is Cc1cc(C2CC(C)CC(C)(C)C2)ccc1O. The van der Waals surface area contributed by atoms with Gasteiger partial charge in [0.05, 0.1) is 0 Å². The molecule has 0 heterocycles. The van der Waals surface area contributed by atoms with Gasteiger partial charge in [0.1, 0.15) is 5.75 Å². The normalized spacial score (nSPS) is 28.0. The maximum atomic E-state index is 9.60. The van der Waals surface area contributed by atoms with Crippen molar-refractivity contribution in [3.05, 3.63) is 29.3 Å². The molecule has 0 radical (unpaired) electrons. The molecule has 2 rings (SSSR count). The minimum atomic E-state index is 0.414. The summed E-state index contributed by atoms with van der Waals surface area (Å²) in [5, 5.41) is 9.60. The van der Waals surface area contributed by atoms with Gasteiger partial charge >= 0.3 is 0 Å². The number of phenols is 1. The molecule has 1 N–H and O–H groups in total. The average molecular weight is 232 g/mol. The third kappa shape index (κ3) is 2.83. The van der Waals surface area contributed by atoms with Crippen LogP contribution in [0.25, 0.3) is 0 Å². The zero-order chi connectivity index (χ0) is 12.6. The Morgan fingerprint density at radius 3 is 2.53 bits per heavy atom. The quantitative estimate of drug-likeness (QED) is 0.748. The highest BCUT2D eigenvalue weighted by Crippen LogP contribution is 2.46. The Balaban J connectivity index is 2.24. The van der Waals surface area contributed by atoms with Crippen LogP contribution in [-0.4, -0.2) is 5.11 Å². The molecule has 1 aromatic carbocycles. The fourth-order valence-electron chi connectivity index (χ4n) is 3.53. The number of phenolic OH excluding ortho intramolecular Hbond substituents is 1. The first-order valence-electron chi connectivity index (χ1n) is 6.67. The second kappa shape index (κ2) is 4.36. The molecular formula is C16H24O. The molecule has 0 bridgehead atoms. The van der Waals surface area contributed by atoms with Crippen molar-refractivity contribution in [3.8, 4) is 5.75 Å². The summed E-state index contributed by atoms with van der Waals surface area (Å²) in [7, 11) is 0. The lowest BCUT2D eigenvalue weighted by atomic mass is 9.66. The molecule has 1 fully saturated rings. The molecule has 1 heteroatoms. The summed E-state index contributed by atoms with van der Waals surface area (Å²) >= 11 is 0. The fourth-order valence-corrected chi connectivity index (χ4v) is 3.53. The van der Waals surface area contributed by atoms with Gasteiger partial charge in [0, 0.05) is 0 Å². The second-order valence-electron chi connectivity index (χ2n) is 6.66. The Morgan fingerprint density at radius 2 is 1.94 bits per heavy atom. The molecule has 0 aromatic heterocycles. The second-order valence-corrected chi connectivity index (χ2v) is 6.66. The molecule has 1 aliphatic rings. The maximum absolute atomic E-state index is 9.60. The van der Waals surface area contributed by atoms with Crippen molar-refractivity contribution in [2.45, 2.75) is 52.9 Å². The molecule has 0 amide bonds. The Bertz CT molecular complexity index is 406. The number of benzene rings is 1. The number of aryl methyl sites for hydroxylation is 1.